The predicted molar refractivity (Wildman–Crippen MR) is 79.4 cm³/mol. The van der Waals surface area contributed by atoms with E-state index in [2.05, 4.69) is 10.6 Å². The number of nitrogens with one attached hydrogen (secondary N) is 2. The number of hydrogen-bond donors (Lipinski definition) is 2. The van der Waals surface area contributed by atoms with Gasteiger partial charge in [-0.05, 0) is 25.0 Å². The molecule has 0 atom stereocenters. The molecule has 0 unspecified atom stereocenters. The summed E-state index contributed by atoms with van der Waals surface area (Å²) in [4.78, 5) is 11.7. The highest BCUT2D eigenvalue weighted by molar-refractivity contribution is 7.91. The average Bonchev–Trinajstić information content (AvgIpc) is 2.45. The summed E-state index contributed by atoms with van der Waals surface area (Å²) >= 11 is 0. The van der Waals surface area contributed by atoms with E-state index in [-0.39, 0.29) is 11.8 Å². The maximum absolute atomic E-state index is 12.0. The molecule has 0 radical (unpaired) electrons. The second-order valence-electron chi connectivity index (χ2n) is 4.52. The molecule has 0 aliphatic carbocycles. The summed E-state index contributed by atoms with van der Waals surface area (Å²) in [5, 5.41) is 5.36. The second kappa shape index (κ2) is 8.58. The summed E-state index contributed by atoms with van der Waals surface area (Å²) in [6.45, 7) is 3.04. The third-order valence-corrected chi connectivity index (χ3v) is 4.61. The molecule has 0 bridgehead atoms. The average molecular weight is 298 g/mol. The number of amides is 2. The number of hydrogen-bond acceptors (Lipinski definition) is 3. The number of benzene rings is 1. The number of sulfone groups is 1. The van der Waals surface area contributed by atoms with Crippen molar-refractivity contribution >= 4 is 15.9 Å². The van der Waals surface area contributed by atoms with Crippen molar-refractivity contribution < 1.29 is 13.2 Å². The van der Waals surface area contributed by atoms with Gasteiger partial charge in [-0.1, -0.05) is 31.5 Å². The Kier molecular flexibility index (Phi) is 7.08. The van der Waals surface area contributed by atoms with E-state index in [1.807, 2.05) is 6.92 Å². The predicted octanol–water partition coefficient (Wildman–Crippen LogP) is 1.95. The highest BCUT2D eigenvalue weighted by Crippen LogP contribution is 2.10. The van der Waals surface area contributed by atoms with Crippen LogP contribution in [0.4, 0.5) is 4.79 Å². The van der Waals surface area contributed by atoms with Crippen LogP contribution >= 0.6 is 0 Å². The van der Waals surface area contributed by atoms with Crippen molar-refractivity contribution in [3.05, 3.63) is 30.3 Å². The molecule has 112 valence electrons. The first-order chi connectivity index (χ1) is 9.56. The summed E-state index contributed by atoms with van der Waals surface area (Å²) in [6, 6.07) is 8.11. The summed E-state index contributed by atoms with van der Waals surface area (Å²) in [5.41, 5.74) is 0. The van der Waals surface area contributed by atoms with Crippen LogP contribution in [0.5, 0.6) is 0 Å². The first-order valence-electron chi connectivity index (χ1n) is 6.86. The standard InChI is InChI=1S/C14H22N2O3S/c1-2-3-10-15-14(17)16-11-7-12-20(18,19)13-8-5-4-6-9-13/h4-6,8-9H,2-3,7,10-12H2,1H3,(H2,15,16,17). The third kappa shape index (κ3) is 6.06. The van der Waals surface area contributed by atoms with Crippen LogP contribution in [0.15, 0.2) is 35.2 Å². The quantitative estimate of drug-likeness (QED) is 0.720. The van der Waals surface area contributed by atoms with E-state index in [1.165, 1.54) is 0 Å². The molecule has 20 heavy (non-hydrogen) atoms. The molecule has 1 aromatic rings. The second-order valence-corrected chi connectivity index (χ2v) is 6.63. The Balaban J connectivity index is 2.26. The van der Waals surface area contributed by atoms with E-state index in [1.54, 1.807) is 30.3 Å². The topological polar surface area (TPSA) is 75.3 Å². The van der Waals surface area contributed by atoms with Gasteiger partial charge in [0.05, 0.1) is 10.6 Å². The van der Waals surface area contributed by atoms with Crippen molar-refractivity contribution in [1.29, 1.82) is 0 Å². The Morgan fingerprint density at radius 2 is 1.65 bits per heavy atom. The number of carbonyl (C=O) groups is 1. The maximum Gasteiger partial charge on any atom is 0.314 e. The van der Waals surface area contributed by atoms with Gasteiger partial charge in [-0.2, -0.15) is 0 Å². The zero-order chi connectivity index (χ0) is 14.8. The molecule has 0 aromatic heterocycles. The van der Waals surface area contributed by atoms with E-state index in [0.717, 1.165) is 12.8 Å². The zero-order valence-corrected chi connectivity index (χ0v) is 12.6. The lowest BCUT2D eigenvalue weighted by Gasteiger charge is -2.07. The lowest BCUT2D eigenvalue weighted by molar-refractivity contribution is 0.241. The van der Waals surface area contributed by atoms with Gasteiger partial charge in [-0.25, -0.2) is 13.2 Å². The summed E-state index contributed by atoms with van der Waals surface area (Å²) in [6.07, 6.45) is 2.36. The minimum atomic E-state index is -3.25. The van der Waals surface area contributed by atoms with Crippen LogP contribution in [-0.4, -0.2) is 33.3 Å². The van der Waals surface area contributed by atoms with E-state index in [0.29, 0.717) is 24.4 Å². The van der Waals surface area contributed by atoms with Gasteiger partial charge in [0.25, 0.3) is 0 Å². The van der Waals surface area contributed by atoms with Crippen molar-refractivity contribution in [3.63, 3.8) is 0 Å². The SMILES string of the molecule is CCCCNC(=O)NCCCS(=O)(=O)c1ccccc1. The summed E-state index contributed by atoms with van der Waals surface area (Å²) < 4.78 is 23.9. The molecule has 2 amide bonds. The Hall–Kier alpha value is -1.56. The molecule has 1 rings (SSSR count). The number of rotatable bonds is 8. The van der Waals surface area contributed by atoms with Crippen molar-refractivity contribution in [2.24, 2.45) is 0 Å². The fraction of sp³-hybridized carbons (Fsp3) is 0.500. The largest absolute Gasteiger partial charge is 0.338 e. The molecule has 0 aliphatic rings. The molecular weight excluding hydrogens is 276 g/mol. The van der Waals surface area contributed by atoms with Gasteiger partial charge < -0.3 is 10.6 Å². The molecule has 0 aliphatic heterocycles. The lowest BCUT2D eigenvalue weighted by atomic mass is 10.3. The monoisotopic (exact) mass is 298 g/mol. The highest BCUT2D eigenvalue weighted by Gasteiger charge is 2.13. The zero-order valence-electron chi connectivity index (χ0n) is 11.8. The molecule has 2 N–H and O–H groups in total. The molecule has 0 fully saturated rings. The normalized spacial score (nSPS) is 11.1. The molecule has 0 heterocycles. The molecule has 1 aromatic carbocycles. The van der Waals surface area contributed by atoms with Gasteiger partial charge in [0.1, 0.15) is 0 Å². The third-order valence-electron chi connectivity index (χ3n) is 2.79. The lowest BCUT2D eigenvalue weighted by Crippen LogP contribution is -2.36. The number of urea groups is 1. The van der Waals surface area contributed by atoms with Crippen molar-refractivity contribution in [2.75, 3.05) is 18.8 Å². The molecule has 6 heteroatoms. The van der Waals surface area contributed by atoms with Gasteiger partial charge in [-0.3, -0.25) is 0 Å². The van der Waals surface area contributed by atoms with E-state index < -0.39 is 9.84 Å². The molecule has 0 saturated carbocycles. The van der Waals surface area contributed by atoms with Gasteiger partial charge in [0.2, 0.25) is 0 Å². The minimum Gasteiger partial charge on any atom is -0.338 e. The van der Waals surface area contributed by atoms with E-state index >= 15 is 0 Å². The number of carbonyl (C=O) groups excluding carboxylic acids is 1. The maximum atomic E-state index is 12.0. The van der Waals surface area contributed by atoms with E-state index in [9.17, 15) is 13.2 Å². The van der Waals surface area contributed by atoms with Crippen molar-refractivity contribution in [3.8, 4) is 0 Å². The highest BCUT2D eigenvalue weighted by atomic mass is 32.2. The van der Waals surface area contributed by atoms with Crippen LogP contribution < -0.4 is 10.6 Å². The Bertz CT molecular complexity index is 500. The summed E-state index contributed by atoms with van der Waals surface area (Å²) in [5.74, 6) is 0.0340. The van der Waals surface area contributed by atoms with Crippen LogP contribution in [0.1, 0.15) is 26.2 Å². The smallest absolute Gasteiger partial charge is 0.314 e. The van der Waals surface area contributed by atoms with E-state index in [4.69, 9.17) is 0 Å². The summed E-state index contributed by atoms with van der Waals surface area (Å²) in [7, 11) is -3.25. The Morgan fingerprint density at radius 3 is 2.25 bits per heavy atom. The van der Waals surface area contributed by atoms with Crippen LogP contribution in [0, 0.1) is 0 Å². The Labute approximate surface area is 120 Å². The van der Waals surface area contributed by atoms with Crippen molar-refractivity contribution in [1.82, 2.24) is 10.6 Å². The molecular formula is C14H22N2O3S. The Morgan fingerprint density at radius 1 is 1.05 bits per heavy atom. The van der Waals surface area contributed by atoms with Gasteiger partial charge >= 0.3 is 6.03 Å². The van der Waals surface area contributed by atoms with Gasteiger partial charge in [-0.15, -0.1) is 0 Å². The molecule has 5 nitrogen and oxygen atoms in total. The van der Waals surface area contributed by atoms with Crippen molar-refractivity contribution in [2.45, 2.75) is 31.1 Å². The van der Waals surface area contributed by atoms with Crippen LogP contribution in [0.2, 0.25) is 0 Å². The fourth-order valence-electron chi connectivity index (χ4n) is 1.65. The van der Waals surface area contributed by atoms with Crippen LogP contribution in [0.25, 0.3) is 0 Å². The minimum absolute atomic E-state index is 0.0340. The molecule has 0 saturated heterocycles. The van der Waals surface area contributed by atoms with Crippen LogP contribution in [0.3, 0.4) is 0 Å². The first kappa shape index (κ1) is 16.5. The number of unbranched alkanes of at least 4 members (excludes halogenated alkanes) is 1. The van der Waals surface area contributed by atoms with Gasteiger partial charge in [0, 0.05) is 13.1 Å². The fourth-order valence-corrected chi connectivity index (χ4v) is 2.98. The van der Waals surface area contributed by atoms with Crippen LogP contribution in [-0.2, 0) is 9.84 Å². The molecule has 0 spiro atoms. The van der Waals surface area contributed by atoms with Gasteiger partial charge in [0.15, 0.2) is 9.84 Å². The first-order valence-corrected chi connectivity index (χ1v) is 8.51.